The number of halogens is 1. The molecule has 0 saturated carbocycles. The van der Waals surface area contributed by atoms with E-state index in [1.165, 1.54) is 0 Å². The van der Waals surface area contributed by atoms with E-state index in [4.69, 9.17) is 10.00 Å². The summed E-state index contributed by atoms with van der Waals surface area (Å²) >= 11 is 3.46. The lowest BCUT2D eigenvalue weighted by atomic mass is 10.1. The van der Waals surface area contributed by atoms with Gasteiger partial charge in [-0.05, 0) is 41.1 Å². The van der Waals surface area contributed by atoms with Gasteiger partial charge < -0.3 is 4.74 Å². The largest absolute Gasteiger partial charge is 0.489 e. The summed E-state index contributed by atoms with van der Waals surface area (Å²) in [5, 5.41) is 11.3. The summed E-state index contributed by atoms with van der Waals surface area (Å²) in [5.74, 6) is 0.776. The van der Waals surface area contributed by atoms with Gasteiger partial charge >= 0.3 is 0 Å². The van der Waals surface area contributed by atoms with Crippen molar-refractivity contribution in [1.82, 2.24) is 4.98 Å². The molecule has 3 aromatic rings. The zero-order valence-corrected chi connectivity index (χ0v) is 12.7. The van der Waals surface area contributed by atoms with Gasteiger partial charge in [-0.3, -0.25) is 0 Å². The third kappa shape index (κ3) is 3.04. The molecule has 0 spiro atoms. The summed E-state index contributed by atoms with van der Waals surface area (Å²) in [6, 6.07) is 17.8. The second kappa shape index (κ2) is 5.94. The number of hydrogen-bond acceptors (Lipinski definition) is 3. The molecule has 0 atom stereocenters. The summed E-state index contributed by atoms with van der Waals surface area (Å²) in [4.78, 5) is 4.02. The molecule has 0 fully saturated rings. The van der Waals surface area contributed by atoms with Crippen molar-refractivity contribution in [3.63, 3.8) is 0 Å². The smallest absolute Gasteiger partial charge is 0.147 e. The van der Waals surface area contributed by atoms with Crippen molar-refractivity contribution < 1.29 is 4.74 Å². The van der Waals surface area contributed by atoms with Gasteiger partial charge in [0.15, 0.2) is 0 Å². The Hall–Kier alpha value is -2.38. The Bertz CT molecular complexity index is 840. The number of hydrogen-bond donors (Lipinski definition) is 0. The molecule has 1 aromatic heterocycles. The van der Waals surface area contributed by atoms with E-state index in [0.29, 0.717) is 12.3 Å². The van der Waals surface area contributed by atoms with Gasteiger partial charge in [-0.25, -0.2) is 4.98 Å². The van der Waals surface area contributed by atoms with Crippen LogP contribution in [0.15, 0.2) is 59.2 Å². The summed E-state index contributed by atoms with van der Waals surface area (Å²) in [5.41, 5.74) is 1.19. The van der Waals surface area contributed by atoms with Crippen LogP contribution in [0.4, 0.5) is 0 Å². The summed E-state index contributed by atoms with van der Waals surface area (Å²) in [7, 11) is 0. The molecule has 0 aliphatic heterocycles. The predicted octanol–water partition coefficient (Wildman–Crippen LogP) is 4.45. The van der Waals surface area contributed by atoms with Gasteiger partial charge in [0.25, 0.3) is 0 Å². The van der Waals surface area contributed by atoms with Gasteiger partial charge in [-0.1, -0.05) is 34.1 Å². The van der Waals surface area contributed by atoms with Crippen LogP contribution in [0.25, 0.3) is 10.8 Å². The highest BCUT2D eigenvalue weighted by atomic mass is 79.9. The van der Waals surface area contributed by atoms with E-state index >= 15 is 0 Å². The molecule has 4 heteroatoms. The number of ether oxygens (including phenoxy) is 1. The number of benzene rings is 2. The third-order valence-corrected chi connectivity index (χ3v) is 3.66. The topological polar surface area (TPSA) is 45.9 Å². The van der Waals surface area contributed by atoms with Crippen LogP contribution in [0, 0.1) is 11.3 Å². The average Bonchev–Trinajstić information content (AvgIpc) is 2.53. The molecule has 0 amide bonds. The number of fused-ring (bicyclic) bond motifs is 1. The SMILES string of the molecule is N#Cc1ncccc1COc1ccc2cc(Br)ccc2c1. The lowest BCUT2D eigenvalue weighted by Gasteiger charge is -2.08. The van der Waals surface area contributed by atoms with E-state index in [-0.39, 0.29) is 0 Å². The standard InChI is InChI=1S/C17H11BrN2O/c18-15-5-3-13-9-16(6-4-12(13)8-15)21-11-14-2-1-7-20-17(14)10-19/h1-9H,11H2. The first-order chi connectivity index (χ1) is 10.3. The van der Waals surface area contributed by atoms with E-state index in [1.807, 2.05) is 36.4 Å². The number of nitrogens with zero attached hydrogens (tertiary/aromatic N) is 2. The van der Waals surface area contributed by atoms with Crippen LogP contribution >= 0.6 is 15.9 Å². The first kappa shape index (κ1) is 13.6. The summed E-state index contributed by atoms with van der Waals surface area (Å²) < 4.78 is 6.82. The predicted molar refractivity (Wildman–Crippen MR) is 84.9 cm³/mol. The monoisotopic (exact) mass is 338 g/mol. The molecule has 102 valence electrons. The Morgan fingerprint density at radius 3 is 2.76 bits per heavy atom. The molecule has 0 bridgehead atoms. The van der Waals surface area contributed by atoms with Crippen molar-refractivity contribution >= 4 is 26.7 Å². The Labute approximate surface area is 130 Å². The van der Waals surface area contributed by atoms with Crippen molar-refractivity contribution in [1.29, 1.82) is 5.26 Å². The molecule has 0 radical (unpaired) electrons. The molecule has 0 saturated heterocycles. The Morgan fingerprint density at radius 2 is 1.90 bits per heavy atom. The van der Waals surface area contributed by atoms with E-state index in [0.717, 1.165) is 26.6 Å². The minimum Gasteiger partial charge on any atom is -0.489 e. The van der Waals surface area contributed by atoms with Crippen LogP contribution in [0.1, 0.15) is 11.3 Å². The van der Waals surface area contributed by atoms with Crippen LogP contribution in [0.5, 0.6) is 5.75 Å². The van der Waals surface area contributed by atoms with E-state index in [2.05, 4.69) is 33.0 Å². The van der Waals surface area contributed by atoms with Gasteiger partial charge in [0.2, 0.25) is 0 Å². The van der Waals surface area contributed by atoms with Crippen molar-refractivity contribution in [2.75, 3.05) is 0 Å². The van der Waals surface area contributed by atoms with Crippen molar-refractivity contribution in [2.45, 2.75) is 6.61 Å². The zero-order chi connectivity index (χ0) is 14.7. The highest BCUT2D eigenvalue weighted by Gasteiger charge is 2.04. The molecule has 1 heterocycles. The normalized spacial score (nSPS) is 10.3. The lowest BCUT2D eigenvalue weighted by molar-refractivity contribution is 0.306. The number of pyridine rings is 1. The second-order valence-electron chi connectivity index (χ2n) is 4.56. The van der Waals surface area contributed by atoms with Crippen molar-refractivity contribution in [3.8, 4) is 11.8 Å². The molecular formula is C17H11BrN2O. The number of nitriles is 1. The van der Waals surface area contributed by atoms with E-state index < -0.39 is 0 Å². The lowest BCUT2D eigenvalue weighted by Crippen LogP contribution is -1.99. The number of aromatic nitrogens is 1. The first-order valence-electron chi connectivity index (χ1n) is 6.42. The van der Waals surface area contributed by atoms with Crippen LogP contribution < -0.4 is 4.74 Å². The zero-order valence-electron chi connectivity index (χ0n) is 11.1. The van der Waals surface area contributed by atoms with Gasteiger partial charge in [0.1, 0.15) is 24.1 Å². The van der Waals surface area contributed by atoms with Gasteiger partial charge in [-0.15, -0.1) is 0 Å². The fourth-order valence-corrected chi connectivity index (χ4v) is 2.48. The quantitative estimate of drug-likeness (QED) is 0.708. The molecule has 2 aromatic carbocycles. The highest BCUT2D eigenvalue weighted by Crippen LogP contribution is 2.24. The van der Waals surface area contributed by atoms with Gasteiger partial charge in [-0.2, -0.15) is 5.26 Å². The average molecular weight is 339 g/mol. The Kier molecular flexibility index (Phi) is 3.85. The first-order valence-corrected chi connectivity index (χ1v) is 7.22. The second-order valence-corrected chi connectivity index (χ2v) is 5.48. The van der Waals surface area contributed by atoms with Crippen LogP contribution in [-0.4, -0.2) is 4.98 Å². The van der Waals surface area contributed by atoms with E-state index in [1.54, 1.807) is 12.3 Å². The van der Waals surface area contributed by atoms with Gasteiger partial charge in [0.05, 0.1) is 0 Å². The van der Waals surface area contributed by atoms with Crippen LogP contribution in [0.2, 0.25) is 0 Å². The van der Waals surface area contributed by atoms with Crippen molar-refractivity contribution in [2.24, 2.45) is 0 Å². The van der Waals surface area contributed by atoms with Crippen LogP contribution in [-0.2, 0) is 6.61 Å². The minimum absolute atomic E-state index is 0.332. The molecule has 0 aliphatic carbocycles. The minimum atomic E-state index is 0.332. The maximum Gasteiger partial charge on any atom is 0.147 e. The molecular weight excluding hydrogens is 328 g/mol. The molecule has 3 nitrogen and oxygen atoms in total. The Balaban J connectivity index is 1.82. The molecule has 0 unspecified atom stereocenters. The van der Waals surface area contributed by atoms with Crippen LogP contribution in [0.3, 0.4) is 0 Å². The molecule has 3 rings (SSSR count). The number of rotatable bonds is 3. The van der Waals surface area contributed by atoms with Crippen molar-refractivity contribution in [3.05, 3.63) is 70.5 Å². The maximum atomic E-state index is 9.01. The summed E-state index contributed by atoms with van der Waals surface area (Å²) in [6.45, 7) is 0.332. The maximum absolute atomic E-state index is 9.01. The third-order valence-electron chi connectivity index (χ3n) is 3.17. The fourth-order valence-electron chi connectivity index (χ4n) is 2.10. The molecule has 0 aliphatic rings. The Morgan fingerprint density at radius 1 is 1.10 bits per heavy atom. The highest BCUT2D eigenvalue weighted by molar-refractivity contribution is 9.10. The molecule has 21 heavy (non-hydrogen) atoms. The van der Waals surface area contributed by atoms with E-state index in [9.17, 15) is 0 Å². The fraction of sp³-hybridized carbons (Fsp3) is 0.0588. The van der Waals surface area contributed by atoms with Gasteiger partial charge in [0, 0.05) is 16.2 Å². The summed E-state index contributed by atoms with van der Waals surface area (Å²) in [6.07, 6.45) is 1.61. The molecule has 0 N–H and O–H groups in total.